The van der Waals surface area contributed by atoms with Crippen LogP contribution in [0.1, 0.15) is 5.56 Å². The smallest absolute Gasteiger partial charge is 0.336 e. The zero-order valence-corrected chi connectivity index (χ0v) is 16.2. The summed E-state index contributed by atoms with van der Waals surface area (Å²) in [6, 6.07) is 17.3. The number of nitrogens with one attached hydrogen (secondary N) is 2. The van der Waals surface area contributed by atoms with Crippen LogP contribution in [-0.2, 0) is 12.7 Å². The van der Waals surface area contributed by atoms with Gasteiger partial charge in [-0.25, -0.2) is 14.8 Å². The molecule has 0 spiro atoms. The summed E-state index contributed by atoms with van der Waals surface area (Å²) in [6.07, 6.45) is -2.90. The molecule has 2 aromatic heterocycles. The third kappa shape index (κ3) is 4.50. The summed E-state index contributed by atoms with van der Waals surface area (Å²) in [5, 5.41) is 4.87. The fraction of sp³-hybridized carbons (Fsp3) is 0.136. The third-order valence-electron chi connectivity index (χ3n) is 4.64. The SMILES string of the molecule is O=C(NCCn1c(-c2ccccc2)nc2cccnc21)Nc1ccccc1C(F)(F)F. The monoisotopic (exact) mass is 425 g/mol. The van der Waals surface area contributed by atoms with Gasteiger partial charge in [0, 0.05) is 24.8 Å². The van der Waals surface area contributed by atoms with Crippen LogP contribution in [0.4, 0.5) is 23.7 Å². The molecule has 0 atom stereocenters. The highest BCUT2D eigenvalue weighted by atomic mass is 19.4. The van der Waals surface area contributed by atoms with E-state index in [1.54, 1.807) is 12.3 Å². The number of carbonyl (C=O) groups excluding carboxylic acids is 1. The first-order valence-electron chi connectivity index (χ1n) is 9.51. The maximum atomic E-state index is 13.1. The first-order valence-corrected chi connectivity index (χ1v) is 9.51. The molecule has 6 nitrogen and oxygen atoms in total. The Labute approximate surface area is 175 Å². The van der Waals surface area contributed by atoms with Crippen LogP contribution in [0.15, 0.2) is 72.9 Å². The lowest BCUT2D eigenvalue weighted by molar-refractivity contribution is -0.136. The van der Waals surface area contributed by atoms with E-state index in [1.165, 1.54) is 18.2 Å². The summed E-state index contributed by atoms with van der Waals surface area (Å²) in [6.45, 7) is 0.508. The van der Waals surface area contributed by atoms with Gasteiger partial charge in [0.15, 0.2) is 5.65 Å². The number of amides is 2. The highest BCUT2D eigenvalue weighted by Gasteiger charge is 2.33. The van der Waals surface area contributed by atoms with Gasteiger partial charge in [0.1, 0.15) is 11.3 Å². The molecule has 0 radical (unpaired) electrons. The number of hydrogen-bond donors (Lipinski definition) is 2. The minimum absolute atomic E-state index is 0.169. The Bertz CT molecular complexity index is 1200. The molecular formula is C22H18F3N5O. The van der Waals surface area contributed by atoms with Gasteiger partial charge in [0.2, 0.25) is 0 Å². The molecule has 31 heavy (non-hydrogen) atoms. The fourth-order valence-corrected chi connectivity index (χ4v) is 3.26. The molecule has 4 rings (SSSR count). The van der Waals surface area contributed by atoms with Crippen molar-refractivity contribution in [3.63, 3.8) is 0 Å². The van der Waals surface area contributed by atoms with Crippen molar-refractivity contribution in [2.24, 2.45) is 0 Å². The lowest BCUT2D eigenvalue weighted by atomic mass is 10.1. The summed E-state index contributed by atoms with van der Waals surface area (Å²) >= 11 is 0. The largest absolute Gasteiger partial charge is 0.418 e. The lowest BCUT2D eigenvalue weighted by Gasteiger charge is -2.14. The van der Waals surface area contributed by atoms with Crippen LogP contribution in [-0.4, -0.2) is 27.1 Å². The Morgan fingerprint density at radius 2 is 1.71 bits per heavy atom. The Morgan fingerprint density at radius 1 is 0.968 bits per heavy atom. The van der Waals surface area contributed by atoms with Crippen LogP contribution in [0.3, 0.4) is 0 Å². The average molecular weight is 425 g/mol. The molecule has 4 aromatic rings. The summed E-state index contributed by atoms with van der Waals surface area (Å²) in [7, 11) is 0. The van der Waals surface area contributed by atoms with Crippen LogP contribution in [0.25, 0.3) is 22.6 Å². The van der Waals surface area contributed by atoms with Crippen LogP contribution >= 0.6 is 0 Å². The molecule has 2 aromatic carbocycles. The van der Waals surface area contributed by atoms with E-state index < -0.39 is 17.8 Å². The van der Waals surface area contributed by atoms with Gasteiger partial charge in [-0.15, -0.1) is 0 Å². The number of alkyl halides is 3. The number of para-hydroxylation sites is 1. The van der Waals surface area contributed by atoms with Gasteiger partial charge in [0.25, 0.3) is 0 Å². The molecule has 2 heterocycles. The van der Waals surface area contributed by atoms with Gasteiger partial charge in [-0.05, 0) is 24.3 Å². The van der Waals surface area contributed by atoms with Crippen molar-refractivity contribution in [1.82, 2.24) is 19.9 Å². The van der Waals surface area contributed by atoms with Gasteiger partial charge in [-0.2, -0.15) is 13.2 Å². The zero-order valence-electron chi connectivity index (χ0n) is 16.2. The van der Waals surface area contributed by atoms with Crippen LogP contribution < -0.4 is 10.6 Å². The lowest BCUT2D eigenvalue weighted by Crippen LogP contribution is -2.32. The number of halogens is 3. The number of rotatable bonds is 5. The molecular weight excluding hydrogens is 407 g/mol. The molecule has 158 valence electrons. The Hall–Kier alpha value is -3.88. The van der Waals surface area contributed by atoms with E-state index in [4.69, 9.17) is 0 Å². The highest BCUT2D eigenvalue weighted by Crippen LogP contribution is 2.34. The van der Waals surface area contributed by atoms with Crippen molar-refractivity contribution in [2.75, 3.05) is 11.9 Å². The van der Waals surface area contributed by atoms with E-state index in [2.05, 4.69) is 20.6 Å². The first-order chi connectivity index (χ1) is 14.9. The van der Waals surface area contributed by atoms with Gasteiger partial charge in [-0.1, -0.05) is 42.5 Å². The van der Waals surface area contributed by atoms with Crippen molar-refractivity contribution in [1.29, 1.82) is 0 Å². The second-order valence-corrected chi connectivity index (χ2v) is 6.72. The molecule has 2 amide bonds. The van der Waals surface area contributed by atoms with Crippen molar-refractivity contribution >= 4 is 22.9 Å². The summed E-state index contributed by atoms with van der Waals surface area (Å²) < 4.78 is 41.2. The second kappa shape index (κ2) is 8.47. The van der Waals surface area contributed by atoms with Gasteiger partial charge in [0.05, 0.1) is 11.3 Å². The predicted molar refractivity (Wildman–Crippen MR) is 111 cm³/mol. The number of pyridine rings is 1. The second-order valence-electron chi connectivity index (χ2n) is 6.72. The van der Waals surface area contributed by atoms with E-state index in [0.29, 0.717) is 23.5 Å². The molecule has 9 heteroatoms. The maximum Gasteiger partial charge on any atom is 0.418 e. The van der Waals surface area contributed by atoms with E-state index >= 15 is 0 Å². The first kappa shape index (κ1) is 20.4. The van der Waals surface area contributed by atoms with E-state index in [1.807, 2.05) is 41.0 Å². The number of nitrogens with zero attached hydrogens (tertiary/aromatic N) is 3. The normalized spacial score (nSPS) is 11.5. The topological polar surface area (TPSA) is 71.8 Å². The molecule has 0 saturated carbocycles. The molecule has 0 aliphatic carbocycles. The molecule has 0 bridgehead atoms. The highest BCUT2D eigenvalue weighted by molar-refractivity contribution is 5.90. The Kier molecular flexibility index (Phi) is 5.57. The van der Waals surface area contributed by atoms with Crippen molar-refractivity contribution in [3.05, 3.63) is 78.5 Å². The molecule has 0 unspecified atom stereocenters. The van der Waals surface area contributed by atoms with Crippen molar-refractivity contribution < 1.29 is 18.0 Å². The number of aromatic nitrogens is 3. The van der Waals surface area contributed by atoms with E-state index in [0.717, 1.165) is 11.6 Å². The van der Waals surface area contributed by atoms with Crippen LogP contribution in [0.5, 0.6) is 0 Å². The standard InChI is InChI=1S/C22H18F3N5O/c23-22(24,25)16-9-4-5-10-17(16)29-21(31)27-13-14-30-19(15-7-2-1-3-8-15)28-18-11-6-12-26-20(18)30/h1-12H,13-14H2,(H2,27,29,31). The summed E-state index contributed by atoms with van der Waals surface area (Å²) in [4.78, 5) is 21.2. The van der Waals surface area contributed by atoms with Gasteiger partial charge >= 0.3 is 12.2 Å². The maximum absolute atomic E-state index is 13.1. The van der Waals surface area contributed by atoms with Crippen LogP contribution in [0.2, 0.25) is 0 Å². The van der Waals surface area contributed by atoms with Crippen molar-refractivity contribution in [3.8, 4) is 11.4 Å². The summed E-state index contributed by atoms with van der Waals surface area (Å²) in [5.41, 5.74) is 1.06. The molecule has 2 N–H and O–H groups in total. The molecule has 0 aliphatic rings. The number of carbonyl (C=O) groups is 1. The minimum atomic E-state index is -4.56. The van der Waals surface area contributed by atoms with E-state index in [9.17, 15) is 18.0 Å². The third-order valence-corrected chi connectivity index (χ3v) is 4.64. The fourth-order valence-electron chi connectivity index (χ4n) is 3.26. The number of fused-ring (bicyclic) bond motifs is 1. The quantitative estimate of drug-likeness (QED) is 0.476. The Balaban J connectivity index is 1.49. The number of urea groups is 1. The Morgan fingerprint density at radius 3 is 2.48 bits per heavy atom. The van der Waals surface area contributed by atoms with Crippen LogP contribution in [0, 0.1) is 0 Å². The summed E-state index contributed by atoms with van der Waals surface area (Å²) in [5.74, 6) is 0.693. The predicted octanol–water partition coefficient (Wildman–Crippen LogP) is 4.94. The van der Waals surface area contributed by atoms with Gasteiger partial charge < -0.3 is 15.2 Å². The minimum Gasteiger partial charge on any atom is -0.336 e. The number of hydrogen-bond acceptors (Lipinski definition) is 3. The van der Waals surface area contributed by atoms with Crippen molar-refractivity contribution in [2.45, 2.75) is 12.7 Å². The molecule has 0 saturated heterocycles. The molecule has 0 fully saturated rings. The zero-order chi connectivity index (χ0) is 21.8. The number of anilines is 1. The average Bonchev–Trinajstić information content (AvgIpc) is 3.13. The molecule has 0 aliphatic heterocycles. The van der Waals surface area contributed by atoms with Gasteiger partial charge in [-0.3, -0.25) is 0 Å². The number of imidazole rings is 1. The van der Waals surface area contributed by atoms with E-state index in [-0.39, 0.29) is 12.2 Å². The number of benzene rings is 2.